The maximum Gasteiger partial charge on any atom is 0.410 e. The number of rotatable bonds is 13. The predicted molar refractivity (Wildman–Crippen MR) is 142 cm³/mol. The minimum atomic E-state index is -0.729. The molecule has 36 heavy (non-hydrogen) atoms. The van der Waals surface area contributed by atoms with E-state index in [1.807, 2.05) is 60.7 Å². The zero-order valence-corrected chi connectivity index (χ0v) is 22.2. The molecule has 0 saturated heterocycles. The van der Waals surface area contributed by atoms with E-state index < -0.39 is 18.0 Å². The first-order valence-electron chi connectivity index (χ1n) is 12.7. The van der Waals surface area contributed by atoms with Crippen LogP contribution in [0.4, 0.5) is 4.79 Å². The van der Waals surface area contributed by atoms with E-state index in [2.05, 4.69) is 25.5 Å². The lowest BCUT2D eigenvalue weighted by molar-refractivity contribution is -0.140. The van der Waals surface area contributed by atoms with Crippen LogP contribution in [0.2, 0.25) is 0 Å². The number of carbonyl (C=O) groups excluding carboxylic acids is 3. The molecule has 0 saturated carbocycles. The summed E-state index contributed by atoms with van der Waals surface area (Å²) in [5, 5.41) is 0. The summed E-state index contributed by atoms with van der Waals surface area (Å²) in [6, 6.07) is 18.3. The summed E-state index contributed by atoms with van der Waals surface area (Å²) in [6.07, 6.45) is 4.14. The van der Waals surface area contributed by atoms with Gasteiger partial charge in [0.2, 0.25) is 5.91 Å². The van der Waals surface area contributed by atoms with Crippen LogP contribution in [0.1, 0.15) is 64.0 Å². The summed E-state index contributed by atoms with van der Waals surface area (Å²) in [5.74, 6) is -0.0418. The van der Waals surface area contributed by atoms with E-state index in [1.165, 1.54) is 12.0 Å². The monoisotopic (exact) mass is 498 g/mol. The van der Waals surface area contributed by atoms with Crippen LogP contribution in [0.25, 0.3) is 0 Å². The third kappa shape index (κ3) is 12.9. The van der Waals surface area contributed by atoms with E-state index in [1.54, 1.807) is 0 Å². The number of hydrogen-bond donors (Lipinski definition) is 1. The Balaban J connectivity index is 0.000000613. The number of benzene rings is 2. The van der Waals surface area contributed by atoms with Crippen LogP contribution < -0.4 is 5.73 Å². The molecule has 0 radical (unpaired) electrons. The number of esters is 1. The molecule has 7 nitrogen and oxygen atoms in total. The SMILES string of the molecule is CCCCCN(C(=O)OCc1ccccc1)C(Cc1ccccc1)C(N)=O.COC(=O)CCC(C)C. The molecule has 0 bridgehead atoms. The van der Waals surface area contributed by atoms with Crippen LogP contribution in [0.15, 0.2) is 60.7 Å². The Kier molecular flexibility index (Phi) is 15.3. The van der Waals surface area contributed by atoms with Gasteiger partial charge in [-0.2, -0.15) is 0 Å². The molecule has 2 rings (SSSR count). The summed E-state index contributed by atoms with van der Waals surface area (Å²) < 4.78 is 9.93. The zero-order chi connectivity index (χ0) is 26.8. The molecule has 2 aromatic carbocycles. The maximum atomic E-state index is 12.7. The molecule has 0 fully saturated rings. The topological polar surface area (TPSA) is 98.9 Å². The van der Waals surface area contributed by atoms with E-state index in [0.29, 0.717) is 25.3 Å². The number of carbonyl (C=O) groups is 3. The summed E-state index contributed by atoms with van der Waals surface area (Å²) in [5.41, 5.74) is 7.50. The van der Waals surface area contributed by atoms with Crippen molar-refractivity contribution in [2.45, 2.75) is 71.9 Å². The van der Waals surface area contributed by atoms with Crippen molar-refractivity contribution >= 4 is 18.0 Å². The van der Waals surface area contributed by atoms with Crippen molar-refractivity contribution in [3.05, 3.63) is 71.8 Å². The molecule has 2 aromatic rings. The Morgan fingerprint density at radius 1 is 0.917 bits per heavy atom. The average molecular weight is 499 g/mol. The van der Waals surface area contributed by atoms with Gasteiger partial charge < -0.3 is 15.2 Å². The van der Waals surface area contributed by atoms with Gasteiger partial charge in [-0.3, -0.25) is 14.5 Å². The molecule has 0 aliphatic rings. The lowest BCUT2D eigenvalue weighted by Gasteiger charge is -2.29. The Morgan fingerprint density at radius 3 is 2.00 bits per heavy atom. The molecule has 0 aliphatic heterocycles. The lowest BCUT2D eigenvalue weighted by Crippen LogP contribution is -2.49. The highest BCUT2D eigenvalue weighted by molar-refractivity contribution is 5.84. The number of nitrogens with two attached hydrogens (primary N) is 1. The molecule has 1 unspecified atom stereocenters. The van der Waals surface area contributed by atoms with Gasteiger partial charge >= 0.3 is 12.1 Å². The van der Waals surface area contributed by atoms with Crippen molar-refractivity contribution in [1.82, 2.24) is 4.90 Å². The third-order valence-corrected chi connectivity index (χ3v) is 5.57. The highest BCUT2D eigenvalue weighted by Gasteiger charge is 2.29. The van der Waals surface area contributed by atoms with E-state index >= 15 is 0 Å². The predicted octanol–water partition coefficient (Wildman–Crippen LogP) is 5.51. The van der Waals surface area contributed by atoms with Gasteiger partial charge in [-0.25, -0.2) is 4.79 Å². The zero-order valence-electron chi connectivity index (χ0n) is 22.2. The smallest absolute Gasteiger partial charge is 0.410 e. The van der Waals surface area contributed by atoms with Crippen molar-refractivity contribution in [1.29, 1.82) is 0 Å². The Morgan fingerprint density at radius 2 is 1.50 bits per heavy atom. The highest BCUT2D eigenvalue weighted by atomic mass is 16.6. The number of ether oxygens (including phenoxy) is 2. The minimum Gasteiger partial charge on any atom is -0.469 e. The van der Waals surface area contributed by atoms with Crippen molar-refractivity contribution in [2.24, 2.45) is 11.7 Å². The molecular weight excluding hydrogens is 456 g/mol. The molecule has 0 heterocycles. The minimum absolute atomic E-state index is 0.108. The lowest BCUT2D eigenvalue weighted by atomic mass is 10.0. The molecule has 7 heteroatoms. The van der Waals surface area contributed by atoms with Gasteiger partial charge in [0.25, 0.3) is 0 Å². The second-order valence-corrected chi connectivity index (χ2v) is 9.06. The van der Waals surface area contributed by atoms with Gasteiger partial charge in [-0.05, 0) is 29.9 Å². The van der Waals surface area contributed by atoms with Crippen LogP contribution in [0.3, 0.4) is 0 Å². The van der Waals surface area contributed by atoms with Crippen molar-refractivity contribution in [2.75, 3.05) is 13.7 Å². The van der Waals surface area contributed by atoms with Crippen LogP contribution in [0.5, 0.6) is 0 Å². The van der Waals surface area contributed by atoms with Gasteiger partial charge in [0.05, 0.1) is 7.11 Å². The fraction of sp³-hybridized carbons (Fsp3) is 0.483. The van der Waals surface area contributed by atoms with Crippen LogP contribution in [0, 0.1) is 5.92 Å². The van der Waals surface area contributed by atoms with Crippen molar-refractivity contribution in [3.8, 4) is 0 Å². The Bertz CT molecular complexity index is 887. The maximum absolute atomic E-state index is 12.7. The molecule has 1 atom stereocenters. The first-order valence-corrected chi connectivity index (χ1v) is 12.7. The normalized spacial score (nSPS) is 11.1. The van der Waals surface area contributed by atoms with E-state index in [9.17, 15) is 14.4 Å². The fourth-order valence-corrected chi connectivity index (χ4v) is 3.42. The first kappa shape index (κ1) is 30.7. The number of hydrogen-bond acceptors (Lipinski definition) is 5. The van der Waals surface area contributed by atoms with Crippen LogP contribution in [-0.2, 0) is 32.1 Å². The molecular formula is C29H42N2O5. The highest BCUT2D eigenvalue weighted by Crippen LogP contribution is 2.14. The van der Waals surface area contributed by atoms with Gasteiger partial charge in [-0.1, -0.05) is 94.3 Å². The van der Waals surface area contributed by atoms with Gasteiger partial charge in [0.1, 0.15) is 12.6 Å². The number of primary amides is 1. The number of amides is 2. The molecule has 0 spiro atoms. The Hall–Kier alpha value is -3.35. The number of unbranched alkanes of at least 4 members (excludes halogenated alkanes) is 2. The summed E-state index contributed by atoms with van der Waals surface area (Å²) >= 11 is 0. The third-order valence-electron chi connectivity index (χ3n) is 5.57. The van der Waals surface area contributed by atoms with Crippen LogP contribution >= 0.6 is 0 Å². The van der Waals surface area contributed by atoms with Gasteiger partial charge in [0, 0.05) is 19.4 Å². The average Bonchev–Trinajstić information content (AvgIpc) is 2.88. The van der Waals surface area contributed by atoms with E-state index in [-0.39, 0.29) is 12.6 Å². The van der Waals surface area contributed by atoms with Crippen LogP contribution in [-0.4, -0.2) is 42.6 Å². The van der Waals surface area contributed by atoms with E-state index in [4.69, 9.17) is 10.5 Å². The molecule has 2 N–H and O–H groups in total. The second-order valence-electron chi connectivity index (χ2n) is 9.06. The summed E-state index contributed by atoms with van der Waals surface area (Å²) in [7, 11) is 1.42. The molecule has 0 aliphatic carbocycles. The fourth-order valence-electron chi connectivity index (χ4n) is 3.42. The molecule has 0 aromatic heterocycles. The molecule has 198 valence electrons. The summed E-state index contributed by atoms with van der Waals surface area (Å²) in [6.45, 7) is 6.88. The number of methoxy groups -OCH3 is 1. The van der Waals surface area contributed by atoms with Crippen molar-refractivity contribution in [3.63, 3.8) is 0 Å². The van der Waals surface area contributed by atoms with Gasteiger partial charge in [0.15, 0.2) is 0 Å². The second kappa shape index (κ2) is 18.0. The standard InChI is InChI=1S/C22H28N2O3.C7H14O2/c1-2-3-10-15-24(22(26)27-17-19-13-8-5-9-14-19)20(21(23)25)16-18-11-6-4-7-12-18;1-6(2)4-5-7(8)9-3/h4-9,11-14,20H,2-3,10,15-17H2,1H3,(H2,23,25);6H,4-5H2,1-3H3. The van der Waals surface area contributed by atoms with Crippen molar-refractivity contribution < 1.29 is 23.9 Å². The number of nitrogens with zero attached hydrogens (tertiary/aromatic N) is 1. The quantitative estimate of drug-likeness (QED) is 0.290. The summed E-state index contributed by atoms with van der Waals surface area (Å²) in [4.78, 5) is 36.8. The van der Waals surface area contributed by atoms with Gasteiger partial charge in [-0.15, -0.1) is 0 Å². The first-order chi connectivity index (χ1) is 17.3. The Labute approximate surface area is 216 Å². The van der Waals surface area contributed by atoms with E-state index in [0.717, 1.165) is 36.8 Å². The largest absolute Gasteiger partial charge is 0.469 e. The molecule has 2 amide bonds.